The number of carboxylic acids is 1. The Hall–Kier alpha value is -1.42. The van der Waals surface area contributed by atoms with Gasteiger partial charge in [-0.3, -0.25) is 4.79 Å². The van der Waals surface area contributed by atoms with Gasteiger partial charge in [0.1, 0.15) is 5.82 Å². The van der Waals surface area contributed by atoms with E-state index in [9.17, 15) is 9.18 Å². The van der Waals surface area contributed by atoms with Crippen molar-refractivity contribution in [3.8, 4) is 0 Å². The van der Waals surface area contributed by atoms with Crippen molar-refractivity contribution in [3.05, 3.63) is 35.6 Å². The zero-order chi connectivity index (χ0) is 11.5. The van der Waals surface area contributed by atoms with Crippen LogP contribution in [0.4, 0.5) is 4.39 Å². The van der Waals surface area contributed by atoms with Crippen LogP contribution >= 0.6 is 0 Å². The predicted molar refractivity (Wildman–Crippen MR) is 57.8 cm³/mol. The first kappa shape index (κ1) is 11.1. The average Bonchev–Trinajstić information content (AvgIpc) is 2.30. The molecule has 2 unspecified atom stereocenters. The molecule has 2 N–H and O–H groups in total. The number of hydrogen-bond donors (Lipinski definition) is 2. The number of piperidine rings is 1. The molecule has 2 atom stereocenters. The summed E-state index contributed by atoms with van der Waals surface area (Å²) in [4.78, 5) is 10.9. The van der Waals surface area contributed by atoms with Gasteiger partial charge in [0.15, 0.2) is 0 Å². The van der Waals surface area contributed by atoms with Gasteiger partial charge < -0.3 is 10.4 Å². The average molecular weight is 223 g/mol. The molecule has 0 aromatic heterocycles. The number of carboxylic acid groups (broad SMARTS) is 1. The maximum absolute atomic E-state index is 12.7. The first-order chi connectivity index (χ1) is 7.66. The Balaban J connectivity index is 2.09. The summed E-state index contributed by atoms with van der Waals surface area (Å²) in [5.74, 6) is -1.21. The number of halogens is 1. The molecule has 1 aliphatic rings. The smallest absolute Gasteiger partial charge is 0.307 e. The maximum atomic E-state index is 12.7. The molecule has 2 rings (SSSR count). The second kappa shape index (κ2) is 4.61. The molecule has 0 saturated carbocycles. The van der Waals surface area contributed by atoms with Crippen LogP contribution in [-0.2, 0) is 4.79 Å². The van der Waals surface area contributed by atoms with Gasteiger partial charge in [-0.05, 0) is 30.0 Å². The zero-order valence-corrected chi connectivity index (χ0v) is 8.82. The summed E-state index contributed by atoms with van der Waals surface area (Å²) in [5.41, 5.74) is 1.000. The fourth-order valence-corrected chi connectivity index (χ4v) is 2.12. The SMILES string of the molecule is O=C(O)C1CNCC(c2ccc(F)cc2)C1. The van der Waals surface area contributed by atoms with Gasteiger partial charge in [-0.25, -0.2) is 4.39 Å². The molecule has 86 valence electrons. The van der Waals surface area contributed by atoms with Crippen molar-refractivity contribution >= 4 is 5.97 Å². The van der Waals surface area contributed by atoms with E-state index in [1.54, 1.807) is 12.1 Å². The van der Waals surface area contributed by atoms with E-state index >= 15 is 0 Å². The largest absolute Gasteiger partial charge is 0.481 e. The van der Waals surface area contributed by atoms with Crippen LogP contribution < -0.4 is 5.32 Å². The molecule has 4 heteroatoms. The van der Waals surface area contributed by atoms with Gasteiger partial charge in [-0.2, -0.15) is 0 Å². The van der Waals surface area contributed by atoms with Crippen molar-refractivity contribution in [2.45, 2.75) is 12.3 Å². The van der Waals surface area contributed by atoms with E-state index in [1.807, 2.05) is 0 Å². The lowest BCUT2D eigenvalue weighted by Gasteiger charge is -2.27. The molecule has 0 spiro atoms. The molecule has 0 amide bonds. The molecular weight excluding hydrogens is 209 g/mol. The summed E-state index contributed by atoms with van der Waals surface area (Å²) in [7, 11) is 0. The summed E-state index contributed by atoms with van der Waals surface area (Å²) in [5, 5.41) is 12.1. The Kier molecular flexibility index (Phi) is 3.19. The summed E-state index contributed by atoms with van der Waals surface area (Å²) in [6.45, 7) is 1.28. The van der Waals surface area contributed by atoms with Crippen molar-refractivity contribution in [1.82, 2.24) is 5.32 Å². The minimum absolute atomic E-state index is 0.162. The van der Waals surface area contributed by atoms with Gasteiger partial charge in [0.05, 0.1) is 5.92 Å². The van der Waals surface area contributed by atoms with Gasteiger partial charge in [0.25, 0.3) is 0 Å². The van der Waals surface area contributed by atoms with Gasteiger partial charge in [-0.15, -0.1) is 0 Å². The zero-order valence-electron chi connectivity index (χ0n) is 8.82. The van der Waals surface area contributed by atoms with Crippen LogP contribution in [0.1, 0.15) is 17.9 Å². The Morgan fingerprint density at radius 3 is 2.62 bits per heavy atom. The van der Waals surface area contributed by atoms with Gasteiger partial charge >= 0.3 is 5.97 Å². The molecule has 0 aliphatic carbocycles. The van der Waals surface area contributed by atoms with Crippen LogP contribution in [0.3, 0.4) is 0 Å². The fraction of sp³-hybridized carbons (Fsp3) is 0.417. The molecule has 1 aromatic carbocycles. The fourth-order valence-electron chi connectivity index (χ4n) is 2.12. The van der Waals surface area contributed by atoms with E-state index in [-0.39, 0.29) is 17.7 Å². The second-order valence-corrected chi connectivity index (χ2v) is 4.18. The number of hydrogen-bond acceptors (Lipinski definition) is 2. The van der Waals surface area contributed by atoms with Gasteiger partial charge in [0.2, 0.25) is 0 Å². The third kappa shape index (κ3) is 2.39. The molecule has 0 bridgehead atoms. The van der Waals surface area contributed by atoms with Crippen molar-refractivity contribution < 1.29 is 14.3 Å². The first-order valence-corrected chi connectivity index (χ1v) is 5.36. The van der Waals surface area contributed by atoms with Crippen LogP contribution in [-0.4, -0.2) is 24.2 Å². The van der Waals surface area contributed by atoms with Crippen LogP contribution in [0.15, 0.2) is 24.3 Å². The summed E-state index contributed by atoms with van der Waals surface area (Å²) >= 11 is 0. The van der Waals surface area contributed by atoms with Gasteiger partial charge in [-0.1, -0.05) is 12.1 Å². The number of nitrogens with one attached hydrogen (secondary N) is 1. The Labute approximate surface area is 93.3 Å². The highest BCUT2D eigenvalue weighted by atomic mass is 19.1. The Morgan fingerprint density at radius 1 is 1.31 bits per heavy atom. The molecule has 3 nitrogen and oxygen atoms in total. The number of aliphatic carboxylic acids is 1. The Morgan fingerprint density at radius 2 is 2.00 bits per heavy atom. The van der Waals surface area contributed by atoms with Crippen LogP contribution in [0.2, 0.25) is 0 Å². The molecule has 1 aliphatic heterocycles. The van der Waals surface area contributed by atoms with Crippen LogP contribution in [0.5, 0.6) is 0 Å². The first-order valence-electron chi connectivity index (χ1n) is 5.36. The minimum atomic E-state index is -0.765. The molecule has 0 radical (unpaired) electrons. The summed E-state index contributed by atoms with van der Waals surface area (Å²) in [6.07, 6.45) is 0.619. The number of benzene rings is 1. The molecule has 1 fully saturated rings. The third-order valence-corrected chi connectivity index (χ3v) is 3.04. The number of rotatable bonds is 2. The van der Waals surface area contributed by atoms with Crippen molar-refractivity contribution in [2.24, 2.45) is 5.92 Å². The van der Waals surface area contributed by atoms with E-state index in [0.717, 1.165) is 12.1 Å². The standard InChI is InChI=1S/C12H14FNO2/c13-11-3-1-8(2-4-11)9-5-10(12(15)16)7-14-6-9/h1-4,9-10,14H,5-7H2,(H,15,16). The molecule has 1 saturated heterocycles. The summed E-state index contributed by atoms with van der Waals surface area (Å²) < 4.78 is 12.7. The molecule has 16 heavy (non-hydrogen) atoms. The topological polar surface area (TPSA) is 49.3 Å². The van der Waals surface area contributed by atoms with E-state index < -0.39 is 5.97 Å². The van der Waals surface area contributed by atoms with Crippen molar-refractivity contribution in [2.75, 3.05) is 13.1 Å². The lowest BCUT2D eigenvalue weighted by molar-refractivity contribution is -0.142. The highest BCUT2D eigenvalue weighted by molar-refractivity contribution is 5.70. The van der Waals surface area contributed by atoms with Gasteiger partial charge in [0, 0.05) is 13.1 Å². The lowest BCUT2D eigenvalue weighted by atomic mass is 9.86. The predicted octanol–water partition coefficient (Wildman–Crippen LogP) is 1.60. The normalized spacial score (nSPS) is 25.3. The highest BCUT2D eigenvalue weighted by Gasteiger charge is 2.27. The lowest BCUT2D eigenvalue weighted by Crippen LogP contribution is -2.38. The monoisotopic (exact) mass is 223 g/mol. The van der Waals surface area contributed by atoms with Crippen molar-refractivity contribution in [3.63, 3.8) is 0 Å². The minimum Gasteiger partial charge on any atom is -0.481 e. The molecule has 1 heterocycles. The highest BCUT2D eigenvalue weighted by Crippen LogP contribution is 2.26. The van der Waals surface area contributed by atoms with E-state index in [0.29, 0.717) is 13.0 Å². The van der Waals surface area contributed by atoms with Crippen LogP contribution in [0.25, 0.3) is 0 Å². The maximum Gasteiger partial charge on any atom is 0.307 e. The quantitative estimate of drug-likeness (QED) is 0.800. The molecule has 1 aromatic rings. The van der Waals surface area contributed by atoms with Crippen molar-refractivity contribution in [1.29, 1.82) is 0 Å². The van der Waals surface area contributed by atoms with Crippen LogP contribution in [0, 0.1) is 11.7 Å². The summed E-state index contributed by atoms with van der Waals surface area (Å²) in [6, 6.07) is 6.29. The van der Waals surface area contributed by atoms with E-state index in [4.69, 9.17) is 5.11 Å². The second-order valence-electron chi connectivity index (χ2n) is 4.18. The number of carbonyl (C=O) groups is 1. The van der Waals surface area contributed by atoms with E-state index in [1.165, 1.54) is 12.1 Å². The third-order valence-electron chi connectivity index (χ3n) is 3.04. The van der Waals surface area contributed by atoms with E-state index in [2.05, 4.69) is 5.32 Å². The Bertz CT molecular complexity index is 377. The molecular formula is C12H14FNO2.